The molecule has 7 nitrogen and oxygen atoms in total. The summed E-state index contributed by atoms with van der Waals surface area (Å²) in [5, 5.41) is 2.87. The second kappa shape index (κ2) is 9.36. The van der Waals surface area contributed by atoms with Gasteiger partial charge < -0.3 is 9.88 Å². The summed E-state index contributed by atoms with van der Waals surface area (Å²) in [5.41, 5.74) is 1.95. The van der Waals surface area contributed by atoms with Crippen LogP contribution in [0.4, 0.5) is 4.39 Å². The van der Waals surface area contributed by atoms with E-state index < -0.39 is 15.8 Å². The standard InChI is InChI=1S/C21H25FN4O3S/c1-16-24-19-6-3-4-7-20(19)26(16)15-13-23-21(27)8-5-14-25(2)30(28,29)18-11-9-17(22)10-12-18/h3-4,6-7,9-12H,5,8,13-15H2,1-2H3,(H,23,27). The van der Waals surface area contributed by atoms with Crippen LogP contribution < -0.4 is 5.32 Å². The number of nitrogens with zero attached hydrogens (tertiary/aromatic N) is 3. The molecule has 0 radical (unpaired) electrons. The van der Waals surface area contributed by atoms with Gasteiger partial charge in [0.1, 0.15) is 11.6 Å². The fraction of sp³-hybridized carbons (Fsp3) is 0.333. The largest absolute Gasteiger partial charge is 0.354 e. The van der Waals surface area contributed by atoms with Crippen molar-refractivity contribution in [2.75, 3.05) is 20.1 Å². The molecule has 1 amide bonds. The van der Waals surface area contributed by atoms with Gasteiger partial charge in [-0.05, 0) is 49.7 Å². The average molecular weight is 433 g/mol. The van der Waals surface area contributed by atoms with Crippen molar-refractivity contribution in [1.82, 2.24) is 19.2 Å². The average Bonchev–Trinajstić information content (AvgIpc) is 3.03. The van der Waals surface area contributed by atoms with Crippen molar-refractivity contribution in [2.45, 2.75) is 31.2 Å². The Kier molecular flexibility index (Phi) is 6.84. The number of halogens is 1. The van der Waals surface area contributed by atoms with Crippen molar-refractivity contribution < 1.29 is 17.6 Å². The van der Waals surface area contributed by atoms with E-state index in [1.807, 2.05) is 31.2 Å². The van der Waals surface area contributed by atoms with Gasteiger partial charge in [0.25, 0.3) is 0 Å². The maximum absolute atomic E-state index is 13.0. The molecule has 1 heterocycles. The summed E-state index contributed by atoms with van der Waals surface area (Å²) >= 11 is 0. The quantitative estimate of drug-likeness (QED) is 0.564. The van der Waals surface area contributed by atoms with Crippen LogP contribution in [0.2, 0.25) is 0 Å². The lowest BCUT2D eigenvalue weighted by molar-refractivity contribution is -0.121. The number of para-hydroxylation sites is 2. The third-order valence-electron chi connectivity index (χ3n) is 4.90. The maximum Gasteiger partial charge on any atom is 0.242 e. The normalized spacial score (nSPS) is 11.9. The SMILES string of the molecule is Cc1nc2ccccc2n1CCNC(=O)CCCN(C)S(=O)(=O)c1ccc(F)cc1. The zero-order valence-corrected chi connectivity index (χ0v) is 17.8. The van der Waals surface area contributed by atoms with Crippen LogP contribution >= 0.6 is 0 Å². The van der Waals surface area contributed by atoms with Crippen LogP contribution in [0.5, 0.6) is 0 Å². The Hall–Kier alpha value is -2.78. The van der Waals surface area contributed by atoms with Crippen molar-refractivity contribution in [2.24, 2.45) is 0 Å². The molecule has 2 aromatic carbocycles. The molecule has 0 fully saturated rings. The molecule has 160 valence electrons. The van der Waals surface area contributed by atoms with Gasteiger partial charge in [0.05, 0.1) is 15.9 Å². The molecule has 0 saturated carbocycles. The first-order valence-corrected chi connectivity index (χ1v) is 11.1. The zero-order valence-electron chi connectivity index (χ0n) is 17.0. The van der Waals surface area contributed by atoms with E-state index in [2.05, 4.69) is 14.9 Å². The van der Waals surface area contributed by atoms with E-state index >= 15 is 0 Å². The Balaban J connectivity index is 1.44. The monoisotopic (exact) mass is 432 g/mol. The molecule has 0 bridgehead atoms. The first-order chi connectivity index (χ1) is 14.3. The lowest BCUT2D eigenvalue weighted by Gasteiger charge is -2.17. The third kappa shape index (κ3) is 5.03. The molecule has 1 aromatic heterocycles. The van der Waals surface area contributed by atoms with Gasteiger partial charge in [0.15, 0.2) is 0 Å². The van der Waals surface area contributed by atoms with Crippen molar-refractivity contribution >= 4 is 27.0 Å². The fourth-order valence-corrected chi connectivity index (χ4v) is 4.45. The summed E-state index contributed by atoms with van der Waals surface area (Å²) in [6.45, 7) is 3.19. The Morgan fingerprint density at radius 2 is 1.87 bits per heavy atom. The molecular formula is C21H25FN4O3S. The fourth-order valence-electron chi connectivity index (χ4n) is 3.24. The van der Waals surface area contributed by atoms with E-state index in [0.29, 0.717) is 19.5 Å². The van der Waals surface area contributed by atoms with Gasteiger partial charge >= 0.3 is 0 Å². The molecule has 0 spiro atoms. The lowest BCUT2D eigenvalue weighted by atomic mass is 10.3. The predicted octanol–water partition coefficient (Wildman–Crippen LogP) is 2.70. The smallest absolute Gasteiger partial charge is 0.242 e. The van der Waals surface area contributed by atoms with Crippen LogP contribution in [0.1, 0.15) is 18.7 Å². The summed E-state index contributed by atoms with van der Waals surface area (Å²) in [6.07, 6.45) is 0.600. The number of aromatic nitrogens is 2. The van der Waals surface area contributed by atoms with Gasteiger partial charge in [-0.3, -0.25) is 4.79 Å². The molecule has 30 heavy (non-hydrogen) atoms. The lowest BCUT2D eigenvalue weighted by Crippen LogP contribution is -2.30. The minimum absolute atomic E-state index is 0.0266. The van der Waals surface area contributed by atoms with Gasteiger partial charge in [-0.15, -0.1) is 0 Å². The van der Waals surface area contributed by atoms with E-state index in [4.69, 9.17) is 0 Å². The number of imidazole rings is 1. The minimum atomic E-state index is -3.70. The molecule has 9 heteroatoms. The van der Waals surface area contributed by atoms with E-state index in [0.717, 1.165) is 29.0 Å². The predicted molar refractivity (Wildman–Crippen MR) is 113 cm³/mol. The number of hydrogen-bond acceptors (Lipinski definition) is 4. The van der Waals surface area contributed by atoms with Crippen molar-refractivity contribution in [3.8, 4) is 0 Å². The van der Waals surface area contributed by atoms with Crippen molar-refractivity contribution in [3.05, 3.63) is 60.2 Å². The Labute approximate surface area is 175 Å². The number of nitrogens with one attached hydrogen (secondary N) is 1. The number of amides is 1. The second-order valence-electron chi connectivity index (χ2n) is 7.03. The third-order valence-corrected chi connectivity index (χ3v) is 6.77. The molecule has 3 rings (SSSR count). The molecule has 0 saturated heterocycles. The number of fused-ring (bicyclic) bond motifs is 1. The molecule has 0 aliphatic carbocycles. The molecule has 3 aromatic rings. The van der Waals surface area contributed by atoms with Crippen LogP contribution in [-0.4, -0.2) is 48.3 Å². The number of benzene rings is 2. The topological polar surface area (TPSA) is 84.3 Å². The zero-order chi connectivity index (χ0) is 21.7. The number of rotatable bonds is 9. The second-order valence-corrected chi connectivity index (χ2v) is 9.08. The molecule has 1 N–H and O–H groups in total. The van der Waals surface area contributed by atoms with Crippen molar-refractivity contribution in [3.63, 3.8) is 0 Å². The van der Waals surface area contributed by atoms with E-state index in [1.54, 1.807) is 0 Å². The molecule has 0 aliphatic rings. The summed E-state index contributed by atoms with van der Waals surface area (Å²) in [4.78, 5) is 16.6. The van der Waals surface area contributed by atoms with E-state index in [-0.39, 0.29) is 23.8 Å². The van der Waals surface area contributed by atoms with Gasteiger partial charge in [0, 0.05) is 33.1 Å². The number of carbonyl (C=O) groups excluding carboxylic acids is 1. The highest BCUT2D eigenvalue weighted by Crippen LogP contribution is 2.16. The summed E-state index contributed by atoms with van der Waals surface area (Å²) in [7, 11) is -2.25. The van der Waals surface area contributed by atoms with E-state index in [9.17, 15) is 17.6 Å². The first kappa shape index (κ1) is 21.9. The number of hydrogen-bond donors (Lipinski definition) is 1. The highest BCUT2D eigenvalue weighted by molar-refractivity contribution is 7.89. The number of sulfonamides is 1. The van der Waals surface area contributed by atoms with Crippen LogP contribution in [0, 0.1) is 12.7 Å². The number of aryl methyl sites for hydroxylation is 1. The highest BCUT2D eigenvalue weighted by atomic mass is 32.2. The molecule has 0 unspecified atom stereocenters. The minimum Gasteiger partial charge on any atom is -0.354 e. The highest BCUT2D eigenvalue weighted by Gasteiger charge is 2.20. The van der Waals surface area contributed by atoms with Gasteiger partial charge in [-0.1, -0.05) is 12.1 Å². The molecule has 0 atom stereocenters. The van der Waals surface area contributed by atoms with E-state index in [1.165, 1.54) is 23.5 Å². The number of carbonyl (C=O) groups is 1. The first-order valence-electron chi connectivity index (χ1n) is 9.69. The summed E-state index contributed by atoms with van der Waals surface area (Å²) in [5.74, 6) is 0.259. The molecular weight excluding hydrogens is 407 g/mol. The Morgan fingerprint density at radius 3 is 2.60 bits per heavy atom. The van der Waals surface area contributed by atoms with Crippen LogP contribution in [-0.2, 0) is 21.4 Å². The summed E-state index contributed by atoms with van der Waals surface area (Å²) < 4.78 is 41.1. The van der Waals surface area contributed by atoms with Gasteiger partial charge in [-0.25, -0.2) is 22.1 Å². The van der Waals surface area contributed by atoms with Crippen LogP contribution in [0.15, 0.2) is 53.4 Å². The van der Waals surface area contributed by atoms with Gasteiger partial charge in [0.2, 0.25) is 15.9 Å². The Morgan fingerprint density at radius 1 is 1.17 bits per heavy atom. The van der Waals surface area contributed by atoms with Crippen LogP contribution in [0.3, 0.4) is 0 Å². The van der Waals surface area contributed by atoms with Crippen LogP contribution in [0.25, 0.3) is 11.0 Å². The Bertz CT molecular complexity index is 1130. The van der Waals surface area contributed by atoms with Gasteiger partial charge in [-0.2, -0.15) is 0 Å². The van der Waals surface area contributed by atoms with Crippen molar-refractivity contribution in [1.29, 1.82) is 0 Å². The molecule has 0 aliphatic heterocycles. The maximum atomic E-state index is 13.0. The summed E-state index contributed by atoms with van der Waals surface area (Å²) in [6, 6.07) is 12.5.